The van der Waals surface area contributed by atoms with Crippen molar-refractivity contribution >= 4 is 12.2 Å². The Bertz CT molecular complexity index is 638. The molecule has 0 heterocycles. The van der Waals surface area contributed by atoms with Crippen molar-refractivity contribution in [3.05, 3.63) is 59.2 Å². The zero-order valence-corrected chi connectivity index (χ0v) is 14.7. The summed E-state index contributed by atoms with van der Waals surface area (Å²) in [5, 5.41) is 0. The molecule has 0 bridgehead atoms. The highest BCUT2D eigenvalue weighted by atomic mass is 16.5. The summed E-state index contributed by atoms with van der Waals surface area (Å²) < 4.78 is 6.08. The molecule has 1 nitrogen and oxygen atoms in total. The Balaban J connectivity index is 2.16. The highest BCUT2D eigenvalue weighted by Crippen LogP contribution is 2.27. The fraction of sp³-hybridized carbons (Fsp3) is 0.400. The number of benzene rings is 2. The predicted molar refractivity (Wildman–Crippen MR) is 97.8 cm³/mol. The summed E-state index contributed by atoms with van der Waals surface area (Å²) in [7, 11) is 0. The van der Waals surface area contributed by atoms with Gasteiger partial charge in [0.25, 0.3) is 0 Å². The fourth-order valence-electron chi connectivity index (χ4n) is 2.66. The van der Waals surface area contributed by atoms with Gasteiger partial charge in [-0.1, -0.05) is 76.3 Å². The first-order valence-corrected chi connectivity index (χ1v) is 8.11. The van der Waals surface area contributed by atoms with Crippen LogP contribution in [-0.4, -0.2) is 6.71 Å². The Morgan fingerprint density at radius 1 is 1.00 bits per heavy atom. The van der Waals surface area contributed by atoms with E-state index >= 15 is 0 Å². The monoisotopic (exact) mass is 294 g/mol. The molecule has 2 aromatic rings. The zero-order valence-electron chi connectivity index (χ0n) is 14.7. The minimum absolute atomic E-state index is 0.174. The van der Waals surface area contributed by atoms with Crippen LogP contribution < -0.4 is 10.2 Å². The van der Waals surface area contributed by atoms with Crippen LogP contribution in [0.2, 0.25) is 13.6 Å². The fourth-order valence-corrected chi connectivity index (χ4v) is 2.66. The third kappa shape index (κ3) is 3.94. The van der Waals surface area contributed by atoms with Crippen molar-refractivity contribution in [2.24, 2.45) is 0 Å². The third-order valence-electron chi connectivity index (χ3n) is 4.10. The lowest BCUT2D eigenvalue weighted by atomic mass is 9.48. The lowest BCUT2D eigenvalue weighted by Gasteiger charge is -2.21. The van der Waals surface area contributed by atoms with Gasteiger partial charge in [-0.3, -0.25) is 0 Å². The van der Waals surface area contributed by atoms with Crippen LogP contribution in [0.3, 0.4) is 0 Å². The molecule has 2 rings (SSSR count). The molecule has 0 saturated heterocycles. The molecule has 22 heavy (non-hydrogen) atoms. The normalized spacial score (nSPS) is 11.4. The number of rotatable bonds is 4. The first-order chi connectivity index (χ1) is 10.3. The first kappa shape index (κ1) is 16.7. The third-order valence-corrected chi connectivity index (χ3v) is 4.10. The second kappa shape index (κ2) is 6.60. The van der Waals surface area contributed by atoms with Crippen LogP contribution in [0.4, 0.5) is 0 Å². The van der Waals surface area contributed by atoms with Crippen molar-refractivity contribution < 1.29 is 4.74 Å². The van der Waals surface area contributed by atoms with E-state index in [1.54, 1.807) is 0 Å². The summed E-state index contributed by atoms with van der Waals surface area (Å²) in [5.41, 5.74) is 5.37. The molecule has 0 spiro atoms. The lowest BCUT2D eigenvalue weighted by Crippen LogP contribution is -2.27. The molecule has 0 radical (unpaired) electrons. The highest BCUT2D eigenvalue weighted by molar-refractivity contribution is 6.71. The number of ether oxygens (including phenoxy) is 1. The van der Waals surface area contributed by atoms with Crippen LogP contribution in [0.25, 0.3) is 0 Å². The molecule has 2 aromatic carbocycles. The van der Waals surface area contributed by atoms with Crippen LogP contribution >= 0.6 is 0 Å². The van der Waals surface area contributed by atoms with E-state index in [0.29, 0.717) is 13.3 Å². The molecule has 0 aromatic heterocycles. The molecule has 0 atom stereocenters. The quantitative estimate of drug-likeness (QED) is 0.734. The van der Waals surface area contributed by atoms with E-state index in [-0.39, 0.29) is 5.41 Å². The second-order valence-corrected chi connectivity index (χ2v) is 7.37. The minimum Gasteiger partial charge on any atom is -0.489 e. The molecule has 0 unspecified atom stereocenters. The molecule has 0 amide bonds. The van der Waals surface area contributed by atoms with Crippen LogP contribution in [-0.2, 0) is 12.0 Å². The molecule has 0 aliphatic carbocycles. The van der Waals surface area contributed by atoms with Crippen molar-refractivity contribution in [2.45, 2.75) is 53.4 Å². The molecule has 116 valence electrons. The highest BCUT2D eigenvalue weighted by Gasteiger charge is 2.15. The molecular formula is C20H27BO. The second-order valence-electron chi connectivity index (χ2n) is 7.37. The predicted octanol–water partition coefficient (Wildman–Crippen LogP) is 4.83. The number of hydrogen-bond acceptors (Lipinski definition) is 1. The molecule has 0 saturated carbocycles. The van der Waals surface area contributed by atoms with E-state index in [0.717, 1.165) is 5.75 Å². The van der Waals surface area contributed by atoms with E-state index in [4.69, 9.17) is 4.74 Å². The van der Waals surface area contributed by atoms with Crippen LogP contribution in [0.1, 0.15) is 37.5 Å². The van der Waals surface area contributed by atoms with E-state index < -0.39 is 0 Å². The molecule has 2 heteroatoms. The maximum Gasteiger partial charge on any atom is 0.170 e. The maximum absolute atomic E-state index is 6.08. The van der Waals surface area contributed by atoms with E-state index in [9.17, 15) is 0 Å². The van der Waals surface area contributed by atoms with Crippen molar-refractivity contribution in [3.8, 4) is 5.75 Å². The van der Waals surface area contributed by atoms with Gasteiger partial charge in [0.2, 0.25) is 0 Å². The average molecular weight is 294 g/mol. The largest absolute Gasteiger partial charge is 0.489 e. The molecule has 0 aliphatic heterocycles. The van der Waals surface area contributed by atoms with Gasteiger partial charge in [0.05, 0.1) is 0 Å². The summed E-state index contributed by atoms with van der Waals surface area (Å²) in [6, 6.07) is 15.1. The smallest absolute Gasteiger partial charge is 0.170 e. The molecule has 0 aliphatic rings. The number of aryl methyl sites for hydroxylation is 1. The summed E-state index contributed by atoms with van der Waals surface area (Å²) >= 11 is 0. The van der Waals surface area contributed by atoms with Crippen molar-refractivity contribution in [3.63, 3.8) is 0 Å². The standard InChI is InChI=1S/C20H27BO/c1-15-13-17(20(2,3)4)11-12-19(15)22-14-16-9-7-8-10-18(16)21(5)6/h7-13H,14H2,1-6H3. The van der Waals surface area contributed by atoms with Gasteiger partial charge < -0.3 is 4.74 Å². The SMILES string of the molecule is CB(C)c1ccccc1COc1ccc(C(C)(C)C)cc1C. The van der Waals surface area contributed by atoms with Crippen molar-refractivity contribution in [1.82, 2.24) is 0 Å². The topological polar surface area (TPSA) is 9.23 Å². The van der Waals surface area contributed by atoms with Crippen LogP contribution in [0.5, 0.6) is 5.75 Å². The van der Waals surface area contributed by atoms with Crippen molar-refractivity contribution in [1.29, 1.82) is 0 Å². The number of hydrogen-bond donors (Lipinski definition) is 0. The van der Waals surface area contributed by atoms with Crippen LogP contribution in [0, 0.1) is 6.92 Å². The Hall–Kier alpha value is -1.70. The van der Waals surface area contributed by atoms with E-state index in [1.165, 1.54) is 22.2 Å². The summed E-state index contributed by atoms with van der Waals surface area (Å²) in [6.45, 7) is 14.4. The Morgan fingerprint density at radius 3 is 2.27 bits per heavy atom. The van der Waals surface area contributed by atoms with Gasteiger partial charge >= 0.3 is 0 Å². The van der Waals surface area contributed by atoms with Gasteiger partial charge in [-0.15, -0.1) is 0 Å². The van der Waals surface area contributed by atoms with Gasteiger partial charge in [-0.25, -0.2) is 0 Å². The Morgan fingerprint density at radius 2 is 1.68 bits per heavy atom. The maximum atomic E-state index is 6.08. The molecular weight excluding hydrogens is 267 g/mol. The Labute approximate surface area is 135 Å². The summed E-state index contributed by atoms with van der Waals surface area (Å²) in [5.74, 6) is 0.978. The van der Waals surface area contributed by atoms with Gasteiger partial charge in [-0.05, 0) is 35.1 Å². The lowest BCUT2D eigenvalue weighted by molar-refractivity contribution is 0.305. The van der Waals surface area contributed by atoms with Crippen molar-refractivity contribution in [2.75, 3.05) is 0 Å². The minimum atomic E-state index is 0.174. The summed E-state index contributed by atoms with van der Waals surface area (Å²) in [4.78, 5) is 0. The molecule has 0 fully saturated rings. The average Bonchev–Trinajstić information content (AvgIpc) is 2.45. The molecule has 0 N–H and O–H groups in total. The zero-order chi connectivity index (χ0) is 16.3. The first-order valence-electron chi connectivity index (χ1n) is 8.11. The van der Waals surface area contributed by atoms with Crippen LogP contribution in [0.15, 0.2) is 42.5 Å². The van der Waals surface area contributed by atoms with E-state index in [1.807, 2.05) is 0 Å². The van der Waals surface area contributed by atoms with E-state index in [2.05, 4.69) is 83.8 Å². The van der Waals surface area contributed by atoms with Gasteiger partial charge in [0, 0.05) is 0 Å². The van der Waals surface area contributed by atoms with Gasteiger partial charge in [0.15, 0.2) is 6.71 Å². The van der Waals surface area contributed by atoms with Gasteiger partial charge in [0.1, 0.15) is 12.4 Å². The summed E-state index contributed by atoms with van der Waals surface area (Å²) in [6.07, 6.45) is 0. The van der Waals surface area contributed by atoms with Gasteiger partial charge in [-0.2, -0.15) is 0 Å². The Kier molecular flexibility index (Phi) is 5.00.